The van der Waals surface area contributed by atoms with Crippen LogP contribution >= 0.6 is 11.3 Å². The third kappa shape index (κ3) is 3.19. The Kier molecular flexibility index (Phi) is 3.99. The Morgan fingerprint density at radius 2 is 1.89 bits per heavy atom. The molecular weight excluding hydrogens is 379 g/mol. The number of ether oxygens (including phenoxy) is 1. The summed E-state index contributed by atoms with van der Waals surface area (Å²) in [4.78, 5) is 8.56. The highest BCUT2D eigenvalue weighted by Gasteiger charge is 2.34. The first-order chi connectivity index (χ1) is 12.8. The van der Waals surface area contributed by atoms with Crippen molar-refractivity contribution in [2.75, 3.05) is 12.8 Å². The molecule has 0 aliphatic heterocycles. The number of rotatable bonds is 3. The van der Waals surface area contributed by atoms with Gasteiger partial charge < -0.3 is 10.5 Å². The lowest BCUT2D eigenvalue weighted by Gasteiger charge is -2.09. The summed E-state index contributed by atoms with van der Waals surface area (Å²) in [6.45, 7) is 0. The Balaban J connectivity index is 1.70. The number of imidazole rings is 1. The van der Waals surface area contributed by atoms with Crippen molar-refractivity contribution in [3.63, 3.8) is 0 Å². The fourth-order valence-electron chi connectivity index (χ4n) is 2.53. The third-order valence-corrected chi connectivity index (χ3v) is 4.87. The first-order valence-electron chi connectivity index (χ1n) is 7.69. The van der Waals surface area contributed by atoms with Gasteiger partial charge in [0.25, 0.3) is 0 Å². The maximum absolute atomic E-state index is 13.0. The molecule has 2 N–H and O–H groups in total. The van der Waals surface area contributed by atoms with Crippen LogP contribution in [0.2, 0.25) is 0 Å². The molecule has 4 rings (SSSR count). The van der Waals surface area contributed by atoms with Crippen molar-refractivity contribution < 1.29 is 17.9 Å². The Morgan fingerprint density at radius 3 is 2.52 bits per heavy atom. The van der Waals surface area contributed by atoms with E-state index in [1.54, 1.807) is 13.3 Å². The van der Waals surface area contributed by atoms with Gasteiger partial charge in [0.2, 0.25) is 4.96 Å². The lowest BCUT2D eigenvalue weighted by atomic mass is 10.1. The molecule has 27 heavy (non-hydrogen) atoms. The number of nitrogens with zero attached hydrogens (tertiary/aromatic N) is 4. The monoisotopic (exact) mass is 391 g/mol. The molecule has 0 saturated carbocycles. The number of halogens is 3. The number of alkyl halides is 3. The number of fused-ring (bicyclic) bond motifs is 1. The van der Waals surface area contributed by atoms with Gasteiger partial charge >= 0.3 is 6.18 Å². The molecule has 0 amide bonds. The largest absolute Gasteiger partial charge is 0.497 e. The van der Waals surface area contributed by atoms with Crippen molar-refractivity contribution in [3.8, 4) is 27.6 Å². The van der Waals surface area contributed by atoms with Gasteiger partial charge in [-0.15, -0.1) is 0 Å². The van der Waals surface area contributed by atoms with Crippen LogP contribution in [0.5, 0.6) is 5.75 Å². The van der Waals surface area contributed by atoms with E-state index in [4.69, 9.17) is 10.5 Å². The molecule has 6 nitrogen and oxygen atoms in total. The second kappa shape index (κ2) is 6.23. The molecule has 0 radical (unpaired) electrons. The van der Waals surface area contributed by atoms with Gasteiger partial charge in [0.1, 0.15) is 16.6 Å². The van der Waals surface area contributed by atoms with E-state index in [2.05, 4.69) is 15.1 Å². The van der Waals surface area contributed by atoms with Crippen molar-refractivity contribution >= 4 is 22.1 Å². The van der Waals surface area contributed by atoms with E-state index in [1.807, 2.05) is 24.3 Å². The van der Waals surface area contributed by atoms with E-state index >= 15 is 0 Å². The van der Waals surface area contributed by atoms with Crippen molar-refractivity contribution in [3.05, 3.63) is 48.3 Å². The van der Waals surface area contributed by atoms with Gasteiger partial charge in [0.05, 0.1) is 24.6 Å². The van der Waals surface area contributed by atoms with E-state index in [-0.39, 0.29) is 5.56 Å². The Labute approximate surface area is 155 Å². The Hall–Kier alpha value is -3.14. The van der Waals surface area contributed by atoms with E-state index in [9.17, 15) is 13.2 Å². The van der Waals surface area contributed by atoms with Crippen LogP contribution in [0.3, 0.4) is 0 Å². The highest BCUT2D eigenvalue weighted by Crippen LogP contribution is 2.35. The van der Waals surface area contributed by atoms with Crippen LogP contribution in [-0.4, -0.2) is 26.7 Å². The van der Waals surface area contributed by atoms with Crippen LogP contribution in [-0.2, 0) is 6.18 Å². The van der Waals surface area contributed by atoms with Crippen molar-refractivity contribution in [2.24, 2.45) is 0 Å². The average molecular weight is 391 g/mol. The smallest absolute Gasteiger partial charge is 0.419 e. The number of hydrogen-bond acceptors (Lipinski definition) is 6. The zero-order valence-corrected chi connectivity index (χ0v) is 14.7. The number of pyridine rings is 1. The van der Waals surface area contributed by atoms with Gasteiger partial charge in [0.15, 0.2) is 0 Å². The fraction of sp³-hybridized carbons (Fsp3) is 0.118. The van der Waals surface area contributed by atoms with Crippen LogP contribution in [0, 0.1) is 0 Å². The summed E-state index contributed by atoms with van der Waals surface area (Å²) in [7, 11) is 1.59. The number of benzene rings is 1. The standard InChI is InChI=1S/C17H12F3N5OS/c1-26-11-4-2-9(3-5-11)15-24-25-8-13(23-16(25)27-15)10-6-12(17(18,19)20)14(21)22-7-10/h2-8H,1H3,(H2,21,22). The summed E-state index contributed by atoms with van der Waals surface area (Å²) in [5.41, 5.74) is 5.81. The van der Waals surface area contributed by atoms with Gasteiger partial charge in [-0.05, 0) is 30.3 Å². The minimum Gasteiger partial charge on any atom is -0.497 e. The topological polar surface area (TPSA) is 78.3 Å². The van der Waals surface area contributed by atoms with Gasteiger partial charge in [-0.1, -0.05) is 11.3 Å². The molecule has 138 valence electrons. The van der Waals surface area contributed by atoms with Gasteiger partial charge in [-0.3, -0.25) is 0 Å². The van der Waals surface area contributed by atoms with Crippen molar-refractivity contribution in [1.82, 2.24) is 19.6 Å². The van der Waals surface area contributed by atoms with Crippen LogP contribution in [0.25, 0.3) is 26.8 Å². The first kappa shape index (κ1) is 17.3. The molecule has 0 spiro atoms. The van der Waals surface area contributed by atoms with E-state index in [0.717, 1.165) is 22.4 Å². The van der Waals surface area contributed by atoms with Crippen LogP contribution in [0.4, 0.5) is 19.0 Å². The number of hydrogen-bond donors (Lipinski definition) is 1. The molecule has 0 bridgehead atoms. The molecule has 10 heteroatoms. The summed E-state index contributed by atoms with van der Waals surface area (Å²) in [6.07, 6.45) is -1.75. The maximum Gasteiger partial charge on any atom is 0.419 e. The van der Waals surface area contributed by atoms with Crippen molar-refractivity contribution in [1.29, 1.82) is 0 Å². The molecule has 0 aliphatic carbocycles. The number of anilines is 1. The number of nitrogen functional groups attached to an aromatic ring is 1. The third-order valence-electron chi connectivity index (χ3n) is 3.90. The van der Waals surface area contributed by atoms with Gasteiger partial charge in [0, 0.05) is 17.3 Å². The SMILES string of the molecule is COc1ccc(-c2nn3cc(-c4cnc(N)c(C(F)(F)F)c4)nc3s2)cc1. The van der Waals surface area contributed by atoms with E-state index in [0.29, 0.717) is 10.7 Å². The number of aromatic nitrogens is 4. The second-order valence-electron chi connectivity index (χ2n) is 5.64. The average Bonchev–Trinajstić information content (AvgIpc) is 3.20. The highest BCUT2D eigenvalue weighted by molar-refractivity contribution is 7.19. The minimum atomic E-state index is -4.58. The summed E-state index contributed by atoms with van der Waals surface area (Å²) in [6, 6.07) is 8.33. The van der Waals surface area contributed by atoms with E-state index in [1.165, 1.54) is 22.0 Å². The van der Waals surface area contributed by atoms with Crippen molar-refractivity contribution in [2.45, 2.75) is 6.18 Å². The predicted molar refractivity (Wildman–Crippen MR) is 95.5 cm³/mol. The predicted octanol–water partition coefficient (Wildman–Crippen LogP) is 4.13. The quantitative estimate of drug-likeness (QED) is 0.568. The van der Waals surface area contributed by atoms with Crippen LogP contribution < -0.4 is 10.5 Å². The summed E-state index contributed by atoms with van der Waals surface area (Å²) >= 11 is 1.32. The molecule has 0 aliphatic rings. The molecule has 3 aromatic heterocycles. The molecule has 4 aromatic rings. The maximum atomic E-state index is 13.0. The lowest BCUT2D eigenvalue weighted by Crippen LogP contribution is -2.10. The fourth-order valence-corrected chi connectivity index (χ4v) is 3.42. The molecule has 3 heterocycles. The first-order valence-corrected chi connectivity index (χ1v) is 8.50. The van der Waals surface area contributed by atoms with Crippen LogP contribution in [0.1, 0.15) is 5.56 Å². The summed E-state index contributed by atoms with van der Waals surface area (Å²) < 4.78 is 45.7. The van der Waals surface area contributed by atoms with Gasteiger partial charge in [-0.25, -0.2) is 14.5 Å². The molecular formula is C17H12F3N5OS. The molecule has 0 unspecified atom stereocenters. The molecule has 0 saturated heterocycles. The summed E-state index contributed by atoms with van der Waals surface area (Å²) in [5.74, 6) is 0.172. The zero-order valence-electron chi connectivity index (χ0n) is 13.9. The van der Waals surface area contributed by atoms with Gasteiger partial charge in [-0.2, -0.15) is 18.3 Å². The number of nitrogens with two attached hydrogens (primary N) is 1. The second-order valence-corrected chi connectivity index (χ2v) is 6.60. The highest BCUT2D eigenvalue weighted by atomic mass is 32.1. The molecule has 0 fully saturated rings. The molecule has 0 atom stereocenters. The zero-order chi connectivity index (χ0) is 19.2. The normalized spacial score (nSPS) is 11.9. The molecule has 1 aromatic carbocycles. The number of methoxy groups -OCH3 is 1. The minimum absolute atomic E-state index is 0.222. The van der Waals surface area contributed by atoms with Crippen LogP contribution in [0.15, 0.2) is 42.7 Å². The lowest BCUT2D eigenvalue weighted by molar-refractivity contribution is -0.137. The Morgan fingerprint density at radius 1 is 1.15 bits per heavy atom. The summed E-state index contributed by atoms with van der Waals surface area (Å²) in [5, 5.41) is 5.17. The van der Waals surface area contributed by atoms with E-state index < -0.39 is 17.6 Å². The Bertz CT molecular complexity index is 1090.